The van der Waals surface area contributed by atoms with Crippen LogP contribution in [0.2, 0.25) is 12.1 Å². The van der Waals surface area contributed by atoms with E-state index in [9.17, 15) is 0 Å². The lowest BCUT2D eigenvalue weighted by Crippen LogP contribution is -2.47. The summed E-state index contributed by atoms with van der Waals surface area (Å²) in [5.74, 6) is 0.961. The van der Waals surface area contributed by atoms with E-state index in [0.717, 1.165) is 11.2 Å². The zero-order valence-corrected chi connectivity index (χ0v) is 7.76. The molecule has 0 amide bonds. The quantitative estimate of drug-likeness (QED) is 0.484. The molecule has 1 aliphatic carbocycles. The lowest BCUT2D eigenvalue weighted by molar-refractivity contribution is 0.102. The van der Waals surface area contributed by atoms with Crippen LogP contribution in [0, 0.1) is 5.41 Å². The van der Waals surface area contributed by atoms with E-state index in [0.29, 0.717) is 13.0 Å². The van der Waals surface area contributed by atoms with Gasteiger partial charge in [-0.3, -0.25) is 0 Å². The van der Waals surface area contributed by atoms with Gasteiger partial charge in [-0.15, -0.1) is 0 Å². The Labute approximate surface area is 69.6 Å². The van der Waals surface area contributed by atoms with Crippen molar-refractivity contribution in [2.45, 2.75) is 51.9 Å². The van der Waals surface area contributed by atoms with Crippen LogP contribution >= 0.6 is 0 Å². The summed E-state index contributed by atoms with van der Waals surface area (Å²) in [4.78, 5) is 0. The monoisotopic (exact) mass is 152 g/mol. The highest BCUT2D eigenvalue weighted by molar-refractivity contribution is 6.58. The van der Waals surface area contributed by atoms with Crippen molar-refractivity contribution >= 4 is 6.92 Å². The Morgan fingerprint density at radius 1 is 1.36 bits per heavy atom. The Bertz CT molecular complexity index is 165. The van der Waals surface area contributed by atoms with Crippen LogP contribution in [-0.4, -0.2) is 13.0 Å². The predicted molar refractivity (Wildman–Crippen MR) is 47.9 cm³/mol. The van der Waals surface area contributed by atoms with Gasteiger partial charge in [0.15, 0.2) is 0 Å². The Morgan fingerprint density at radius 2 is 2.00 bits per heavy atom. The third kappa shape index (κ3) is 0.953. The molecule has 2 heteroatoms. The van der Waals surface area contributed by atoms with Crippen molar-refractivity contribution in [3.8, 4) is 0 Å². The predicted octanol–water partition coefficient (Wildman–Crippen LogP) is 2.59. The van der Waals surface area contributed by atoms with Crippen LogP contribution in [0.15, 0.2) is 0 Å². The summed E-state index contributed by atoms with van der Waals surface area (Å²) >= 11 is 0. The van der Waals surface area contributed by atoms with Gasteiger partial charge in [-0.25, -0.2) is 0 Å². The molecule has 62 valence electrons. The van der Waals surface area contributed by atoms with Crippen molar-refractivity contribution in [2.75, 3.05) is 0 Å². The van der Waals surface area contributed by atoms with Gasteiger partial charge in [-0.2, -0.15) is 0 Å². The fourth-order valence-electron chi connectivity index (χ4n) is 2.66. The van der Waals surface area contributed by atoms with Crippen molar-refractivity contribution in [3.63, 3.8) is 0 Å². The van der Waals surface area contributed by atoms with Crippen LogP contribution in [0.3, 0.4) is 0 Å². The van der Waals surface area contributed by atoms with E-state index in [1.54, 1.807) is 0 Å². The highest BCUT2D eigenvalue weighted by atomic mass is 16.5. The van der Waals surface area contributed by atoms with Gasteiger partial charge >= 0.3 is 0 Å². The summed E-state index contributed by atoms with van der Waals surface area (Å²) in [5, 5.41) is 0. The molecule has 1 saturated carbocycles. The van der Waals surface area contributed by atoms with Crippen LogP contribution < -0.4 is 0 Å². The molecular formula is C9H17BO. The largest absolute Gasteiger partial charge is 0.433 e. The average molecular weight is 152 g/mol. The van der Waals surface area contributed by atoms with Crippen molar-refractivity contribution in [1.82, 2.24) is 0 Å². The first-order valence-electron chi connectivity index (χ1n) is 4.93. The molecule has 0 radical (unpaired) electrons. The highest BCUT2D eigenvalue weighted by Gasteiger charge is 2.65. The van der Waals surface area contributed by atoms with E-state index in [1.807, 2.05) is 13.8 Å². The third-order valence-corrected chi connectivity index (χ3v) is 3.43. The van der Waals surface area contributed by atoms with Crippen molar-refractivity contribution in [1.29, 1.82) is 0 Å². The summed E-state index contributed by atoms with van der Waals surface area (Å²) in [6.07, 6.45) is 4.85. The molecule has 1 nitrogen and oxygen atoms in total. The maximum Gasteiger partial charge on any atom is 0.299 e. The molecule has 0 N–H and O–H groups in total. The molecule has 4 rings (SSSR count). The molecule has 0 aromatic rings. The molecule has 4 fully saturated rings. The zero-order chi connectivity index (χ0) is 8.06. The van der Waals surface area contributed by atoms with Gasteiger partial charge in [0.05, 0.1) is 0 Å². The second-order valence-corrected chi connectivity index (χ2v) is 4.20. The molecule has 0 aromatic heterocycles. The van der Waals surface area contributed by atoms with Crippen LogP contribution in [0.25, 0.3) is 0 Å². The van der Waals surface area contributed by atoms with E-state index < -0.39 is 0 Å². The summed E-state index contributed by atoms with van der Waals surface area (Å²) in [6, 6.07) is 0. The summed E-state index contributed by atoms with van der Waals surface area (Å²) < 4.78 is 5.59. The summed E-state index contributed by atoms with van der Waals surface area (Å²) in [5.41, 5.74) is 0.742. The number of hydrogen-bond acceptors (Lipinski definition) is 1. The molecule has 3 saturated heterocycles. The topological polar surface area (TPSA) is 9.23 Å². The second-order valence-electron chi connectivity index (χ2n) is 4.20. The normalized spacial score (nSPS) is 49.9. The lowest BCUT2D eigenvalue weighted by atomic mass is 9.46. The standard InChI is InChI=1S/C7H11BO.C2H6/c1-7-2-5-4-8(9-5)6(7)3-7;1-2/h5-6H,2-4H2,1H3;1-2H3. The summed E-state index contributed by atoms with van der Waals surface area (Å²) in [6.45, 7) is 7.10. The van der Waals surface area contributed by atoms with Gasteiger partial charge in [0, 0.05) is 6.10 Å². The van der Waals surface area contributed by atoms with Gasteiger partial charge in [0.1, 0.15) is 0 Å². The second kappa shape index (κ2) is 2.26. The lowest BCUT2D eigenvalue weighted by Gasteiger charge is -2.41. The minimum Gasteiger partial charge on any atom is -0.433 e. The van der Waals surface area contributed by atoms with Gasteiger partial charge < -0.3 is 4.65 Å². The fraction of sp³-hybridized carbons (Fsp3) is 1.00. The van der Waals surface area contributed by atoms with Crippen molar-refractivity contribution in [2.24, 2.45) is 5.41 Å². The zero-order valence-electron chi connectivity index (χ0n) is 7.76. The van der Waals surface area contributed by atoms with E-state index in [4.69, 9.17) is 4.65 Å². The molecule has 2 bridgehead atoms. The van der Waals surface area contributed by atoms with E-state index in [2.05, 4.69) is 6.92 Å². The van der Waals surface area contributed by atoms with Crippen LogP contribution in [0.5, 0.6) is 0 Å². The molecule has 3 aliphatic heterocycles. The Hall–Kier alpha value is 0.0249. The van der Waals surface area contributed by atoms with E-state index >= 15 is 0 Å². The number of hydrogen-bond donors (Lipinski definition) is 0. The minimum absolute atomic E-state index is 0.666. The van der Waals surface area contributed by atoms with Gasteiger partial charge in [0.25, 0.3) is 6.92 Å². The van der Waals surface area contributed by atoms with Crippen LogP contribution in [-0.2, 0) is 4.65 Å². The molecule has 0 spiro atoms. The first-order chi connectivity index (χ1) is 5.28. The molecule has 3 unspecified atom stereocenters. The first-order valence-corrected chi connectivity index (χ1v) is 4.93. The van der Waals surface area contributed by atoms with Crippen molar-refractivity contribution < 1.29 is 4.65 Å². The maximum absolute atomic E-state index is 5.59. The number of rotatable bonds is 0. The maximum atomic E-state index is 5.59. The first kappa shape index (κ1) is 7.66. The minimum atomic E-state index is 0.666. The highest BCUT2D eigenvalue weighted by Crippen LogP contribution is 2.69. The third-order valence-electron chi connectivity index (χ3n) is 3.43. The van der Waals surface area contributed by atoms with E-state index in [1.165, 1.54) is 19.2 Å². The van der Waals surface area contributed by atoms with Gasteiger partial charge in [-0.05, 0) is 30.4 Å². The van der Waals surface area contributed by atoms with Crippen molar-refractivity contribution in [3.05, 3.63) is 0 Å². The Morgan fingerprint density at radius 3 is 2.36 bits per heavy atom. The van der Waals surface area contributed by atoms with Gasteiger partial charge in [0.2, 0.25) is 0 Å². The Balaban J connectivity index is 0.000000224. The molecular weight excluding hydrogens is 135 g/mol. The molecule has 4 aliphatic rings. The SMILES string of the molecule is CC.CC12CC3CB(O3)C1C2. The average Bonchev–Trinajstić information content (AvgIpc) is 2.62. The van der Waals surface area contributed by atoms with Crippen LogP contribution in [0.1, 0.15) is 33.6 Å². The molecule has 11 heavy (non-hydrogen) atoms. The van der Waals surface area contributed by atoms with Crippen LogP contribution in [0.4, 0.5) is 0 Å². The Kier molecular flexibility index (Phi) is 1.57. The molecule has 3 atom stereocenters. The molecule has 3 heterocycles. The van der Waals surface area contributed by atoms with E-state index in [-0.39, 0.29) is 0 Å². The van der Waals surface area contributed by atoms with Gasteiger partial charge in [-0.1, -0.05) is 20.8 Å². The summed E-state index contributed by atoms with van der Waals surface area (Å²) in [7, 11) is 0. The smallest absolute Gasteiger partial charge is 0.299 e. The molecule has 0 aromatic carbocycles. The fourth-order valence-corrected chi connectivity index (χ4v) is 2.66.